The molecule has 1 unspecified atom stereocenters. The molecule has 0 bridgehead atoms. The molecule has 4 heteroatoms. The molecule has 0 aliphatic heterocycles. The summed E-state index contributed by atoms with van der Waals surface area (Å²) in [5, 5.41) is 0. The molecular formula is C11H25NO3. The van der Waals surface area contributed by atoms with Gasteiger partial charge in [0.05, 0.1) is 19.3 Å². The van der Waals surface area contributed by atoms with Crippen LogP contribution in [0.15, 0.2) is 0 Å². The Hall–Kier alpha value is -0.160. The topological polar surface area (TPSA) is 53.7 Å². The molecule has 0 aromatic heterocycles. The second-order valence-electron chi connectivity index (χ2n) is 3.57. The molecule has 0 radical (unpaired) electrons. The maximum atomic E-state index is 5.54. The maximum absolute atomic E-state index is 5.54. The molecule has 15 heavy (non-hydrogen) atoms. The quantitative estimate of drug-likeness (QED) is 0.530. The Morgan fingerprint density at radius 1 is 1.07 bits per heavy atom. The highest BCUT2D eigenvalue weighted by Gasteiger charge is 2.00. The van der Waals surface area contributed by atoms with E-state index in [4.69, 9.17) is 19.9 Å². The average molecular weight is 219 g/mol. The van der Waals surface area contributed by atoms with Gasteiger partial charge in [0.1, 0.15) is 0 Å². The fourth-order valence-corrected chi connectivity index (χ4v) is 1.20. The highest BCUT2D eigenvalue weighted by Crippen LogP contribution is 1.99. The summed E-state index contributed by atoms with van der Waals surface area (Å²) in [6.07, 6.45) is 3.28. The van der Waals surface area contributed by atoms with E-state index in [2.05, 4.69) is 6.92 Å². The van der Waals surface area contributed by atoms with Crippen molar-refractivity contribution in [2.24, 2.45) is 5.73 Å². The van der Waals surface area contributed by atoms with E-state index >= 15 is 0 Å². The minimum Gasteiger partial charge on any atom is -0.385 e. The van der Waals surface area contributed by atoms with Crippen LogP contribution in [-0.4, -0.2) is 46.2 Å². The van der Waals surface area contributed by atoms with Gasteiger partial charge >= 0.3 is 0 Å². The number of nitrogens with two attached hydrogens (primary N) is 1. The van der Waals surface area contributed by atoms with Crippen molar-refractivity contribution in [2.75, 3.05) is 40.1 Å². The average Bonchev–Trinajstić information content (AvgIpc) is 2.25. The second-order valence-corrected chi connectivity index (χ2v) is 3.57. The van der Waals surface area contributed by atoms with Crippen molar-refractivity contribution in [3.05, 3.63) is 0 Å². The zero-order valence-electron chi connectivity index (χ0n) is 10.0. The largest absolute Gasteiger partial charge is 0.385 e. The predicted molar refractivity (Wildman–Crippen MR) is 61.0 cm³/mol. The smallest absolute Gasteiger partial charge is 0.0704 e. The van der Waals surface area contributed by atoms with Crippen LogP contribution in [0.1, 0.15) is 26.2 Å². The van der Waals surface area contributed by atoms with E-state index in [1.165, 1.54) is 0 Å². The molecule has 0 amide bonds. The van der Waals surface area contributed by atoms with Gasteiger partial charge in [0.2, 0.25) is 0 Å². The molecule has 0 aromatic rings. The number of rotatable bonds is 11. The highest BCUT2D eigenvalue weighted by atomic mass is 16.5. The molecule has 0 aromatic carbocycles. The molecule has 0 heterocycles. The molecule has 0 rings (SSSR count). The van der Waals surface area contributed by atoms with Gasteiger partial charge in [-0.25, -0.2) is 0 Å². The fourth-order valence-electron chi connectivity index (χ4n) is 1.20. The van der Waals surface area contributed by atoms with Crippen molar-refractivity contribution in [2.45, 2.75) is 32.3 Å². The molecule has 0 saturated heterocycles. The van der Waals surface area contributed by atoms with Crippen molar-refractivity contribution < 1.29 is 14.2 Å². The van der Waals surface area contributed by atoms with Gasteiger partial charge in [0.25, 0.3) is 0 Å². The number of hydrogen-bond acceptors (Lipinski definition) is 4. The van der Waals surface area contributed by atoms with Crippen LogP contribution >= 0.6 is 0 Å². The van der Waals surface area contributed by atoms with Crippen molar-refractivity contribution >= 4 is 0 Å². The molecule has 4 nitrogen and oxygen atoms in total. The van der Waals surface area contributed by atoms with Crippen molar-refractivity contribution in [1.82, 2.24) is 0 Å². The predicted octanol–water partition coefficient (Wildman–Crippen LogP) is 1.18. The monoisotopic (exact) mass is 219 g/mol. The SMILES string of the molecule is COCCCOCCOC(C)CCCN. The Bertz CT molecular complexity index is 122. The Labute approximate surface area is 93.1 Å². The first-order valence-corrected chi connectivity index (χ1v) is 5.69. The molecule has 1 atom stereocenters. The maximum Gasteiger partial charge on any atom is 0.0704 e. The number of hydrogen-bond donors (Lipinski definition) is 1. The normalized spacial score (nSPS) is 13.0. The van der Waals surface area contributed by atoms with Gasteiger partial charge in [-0.3, -0.25) is 0 Å². The van der Waals surface area contributed by atoms with E-state index in [0.29, 0.717) is 13.2 Å². The third-order valence-corrected chi connectivity index (χ3v) is 2.08. The van der Waals surface area contributed by atoms with Gasteiger partial charge in [0, 0.05) is 20.3 Å². The van der Waals surface area contributed by atoms with Crippen LogP contribution in [0.5, 0.6) is 0 Å². The Morgan fingerprint density at radius 3 is 2.53 bits per heavy atom. The zero-order valence-corrected chi connectivity index (χ0v) is 10.0. The van der Waals surface area contributed by atoms with E-state index in [0.717, 1.165) is 39.0 Å². The molecule has 2 N–H and O–H groups in total. The minimum absolute atomic E-state index is 0.288. The molecule has 0 spiro atoms. The molecule has 0 saturated carbocycles. The minimum atomic E-state index is 0.288. The lowest BCUT2D eigenvalue weighted by molar-refractivity contribution is 0.00514. The zero-order chi connectivity index (χ0) is 11.4. The van der Waals surface area contributed by atoms with Crippen LogP contribution in [0.25, 0.3) is 0 Å². The van der Waals surface area contributed by atoms with E-state index in [1.54, 1.807) is 7.11 Å². The molecule has 0 aliphatic rings. The lowest BCUT2D eigenvalue weighted by Gasteiger charge is -2.12. The Morgan fingerprint density at radius 2 is 1.87 bits per heavy atom. The summed E-state index contributed by atoms with van der Waals surface area (Å²) in [6, 6.07) is 0. The van der Waals surface area contributed by atoms with Gasteiger partial charge in [0.15, 0.2) is 0 Å². The molecule has 92 valence electrons. The van der Waals surface area contributed by atoms with E-state index in [1.807, 2.05) is 0 Å². The van der Waals surface area contributed by atoms with Crippen LogP contribution in [0.3, 0.4) is 0 Å². The first-order valence-electron chi connectivity index (χ1n) is 5.69. The van der Waals surface area contributed by atoms with Crippen LogP contribution < -0.4 is 5.73 Å². The summed E-state index contributed by atoms with van der Waals surface area (Å²) < 4.78 is 15.8. The summed E-state index contributed by atoms with van der Waals surface area (Å²) in [5.74, 6) is 0. The van der Waals surface area contributed by atoms with E-state index < -0.39 is 0 Å². The van der Waals surface area contributed by atoms with E-state index in [9.17, 15) is 0 Å². The number of methoxy groups -OCH3 is 1. The third-order valence-electron chi connectivity index (χ3n) is 2.08. The molecule has 0 aliphatic carbocycles. The van der Waals surface area contributed by atoms with Gasteiger partial charge in [-0.15, -0.1) is 0 Å². The Balaban J connectivity index is 3.02. The van der Waals surface area contributed by atoms with Gasteiger partial charge in [-0.2, -0.15) is 0 Å². The van der Waals surface area contributed by atoms with Crippen LogP contribution in [0.4, 0.5) is 0 Å². The van der Waals surface area contributed by atoms with Crippen molar-refractivity contribution in [3.8, 4) is 0 Å². The lowest BCUT2D eigenvalue weighted by Crippen LogP contribution is -2.15. The van der Waals surface area contributed by atoms with Crippen LogP contribution in [0.2, 0.25) is 0 Å². The molecular weight excluding hydrogens is 194 g/mol. The standard InChI is InChI=1S/C11H25NO3/c1-11(5-3-6-12)15-10-9-14-8-4-7-13-2/h11H,3-10,12H2,1-2H3. The lowest BCUT2D eigenvalue weighted by atomic mass is 10.2. The van der Waals surface area contributed by atoms with Crippen molar-refractivity contribution in [1.29, 1.82) is 0 Å². The van der Waals surface area contributed by atoms with Gasteiger partial charge in [-0.1, -0.05) is 0 Å². The van der Waals surface area contributed by atoms with Crippen LogP contribution in [0, 0.1) is 0 Å². The van der Waals surface area contributed by atoms with Crippen LogP contribution in [-0.2, 0) is 14.2 Å². The second kappa shape index (κ2) is 11.9. The number of ether oxygens (including phenoxy) is 3. The first kappa shape index (κ1) is 14.8. The third kappa shape index (κ3) is 11.8. The van der Waals surface area contributed by atoms with E-state index in [-0.39, 0.29) is 6.10 Å². The highest BCUT2D eigenvalue weighted by molar-refractivity contribution is 4.50. The summed E-state index contributed by atoms with van der Waals surface area (Å²) >= 11 is 0. The molecule has 0 fully saturated rings. The summed E-state index contributed by atoms with van der Waals surface area (Å²) in [6.45, 7) is 5.64. The first-order chi connectivity index (χ1) is 7.31. The van der Waals surface area contributed by atoms with Gasteiger partial charge in [-0.05, 0) is 32.7 Å². The van der Waals surface area contributed by atoms with Crippen molar-refractivity contribution in [3.63, 3.8) is 0 Å². The Kier molecular flexibility index (Phi) is 11.8. The fraction of sp³-hybridized carbons (Fsp3) is 1.00. The summed E-state index contributed by atoms with van der Waals surface area (Å²) in [4.78, 5) is 0. The summed E-state index contributed by atoms with van der Waals surface area (Å²) in [7, 11) is 1.70. The summed E-state index contributed by atoms with van der Waals surface area (Å²) in [5.41, 5.74) is 5.41. The van der Waals surface area contributed by atoms with Gasteiger partial charge < -0.3 is 19.9 Å².